The van der Waals surface area contributed by atoms with Gasteiger partial charge in [0.15, 0.2) is 0 Å². The van der Waals surface area contributed by atoms with E-state index in [1.54, 1.807) is 11.4 Å². The number of halogens is 3. The second kappa shape index (κ2) is 6.08. The SMILES string of the molecule is O=C(OCc1nc2ccsc2c(=O)[nH]1)c1ccccc1C(F)(F)F. The Morgan fingerprint density at radius 1 is 1.25 bits per heavy atom. The Kier molecular flexibility index (Phi) is 4.10. The second-order valence-electron chi connectivity index (χ2n) is 4.77. The number of hydrogen-bond acceptors (Lipinski definition) is 5. The number of ether oxygens (including phenoxy) is 1. The quantitative estimate of drug-likeness (QED) is 0.732. The smallest absolute Gasteiger partial charge is 0.417 e. The molecule has 24 heavy (non-hydrogen) atoms. The van der Waals surface area contributed by atoms with E-state index in [1.807, 2.05) is 0 Å². The van der Waals surface area contributed by atoms with Gasteiger partial charge in [0.2, 0.25) is 0 Å². The van der Waals surface area contributed by atoms with Crippen LogP contribution in [0, 0.1) is 0 Å². The van der Waals surface area contributed by atoms with Crippen molar-refractivity contribution in [1.29, 1.82) is 0 Å². The number of nitrogens with zero attached hydrogens (tertiary/aromatic N) is 1. The van der Waals surface area contributed by atoms with Gasteiger partial charge in [0.05, 0.1) is 16.6 Å². The predicted molar refractivity (Wildman–Crippen MR) is 80.8 cm³/mol. The Bertz CT molecular complexity index is 962. The highest BCUT2D eigenvalue weighted by atomic mass is 32.1. The van der Waals surface area contributed by atoms with Crippen LogP contribution in [-0.2, 0) is 17.5 Å². The minimum Gasteiger partial charge on any atom is -0.454 e. The number of benzene rings is 1. The summed E-state index contributed by atoms with van der Waals surface area (Å²) in [5, 5.41) is 1.68. The number of aromatic amines is 1. The third-order valence-electron chi connectivity index (χ3n) is 3.16. The molecule has 0 radical (unpaired) electrons. The number of H-pyrrole nitrogens is 1. The van der Waals surface area contributed by atoms with E-state index in [0.717, 1.165) is 12.1 Å². The van der Waals surface area contributed by atoms with E-state index >= 15 is 0 Å². The van der Waals surface area contributed by atoms with E-state index in [4.69, 9.17) is 4.74 Å². The zero-order chi connectivity index (χ0) is 17.3. The van der Waals surface area contributed by atoms with Crippen LogP contribution in [0.15, 0.2) is 40.5 Å². The maximum atomic E-state index is 12.9. The zero-order valence-electron chi connectivity index (χ0n) is 11.9. The average Bonchev–Trinajstić information content (AvgIpc) is 3.01. The summed E-state index contributed by atoms with van der Waals surface area (Å²) < 4.78 is 44.0. The monoisotopic (exact) mass is 354 g/mol. The molecule has 2 heterocycles. The van der Waals surface area contributed by atoms with Gasteiger partial charge in [0, 0.05) is 0 Å². The first kappa shape index (κ1) is 16.2. The average molecular weight is 354 g/mol. The van der Waals surface area contributed by atoms with Crippen molar-refractivity contribution >= 4 is 27.5 Å². The summed E-state index contributed by atoms with van der Waals surface area (Å²) in [5.41, 5.74) is -1.63. The third-order valence-corrected chi connectivity index (χ3v) is 4.06. The molecular formula is C15H9F3N2O3S. The van der Waals surface area contributed by atoms with Crippen LogP contribution in [0.25, 0.3) is 10.2 Å². The second-order valence-corrected chi connectivity index (χ2v) is 5.68. The number of fused-ring (bicyclic) bond motifs is 1. The molecule has 0 unspecified atom stereocenters. The number of carbonyl (C=O) groups is 1. The number of carbonyl (C=O) groups excluding carboxylic acids is 1. The third kappa shape index (κ3) is 3.16. The summed E-state index contributed by atoms with van der Waals surface area (Å²) >= 11 is 1.21. The number of thiophene rings is 1. The maximum Gasteiger partial charge on any atom is 0.417 e. The molecule has 124 valence electrons. The topological polar surface area (TPSA) is 72.0 Å². The fraction of sp³-hybridized carbons (Fsp3) is 0.133. The fourth-order valence-corrected chi connectivity index (χ4v) is 2.84. The summed E-state index contributed by atoms with van der Waals surface area (Å²) in [6.07, 6.45) is -4.67. The van der Waals surface area contributed by atoms with Crippen LogP contribution in [0.2, 0.25) is 0 Å². The first-order valence-corrected chi connectivity index (χ1v) is 7.54. The molecule has 1 N–H and O–H groups in total. The molecule has 3 rings (SSSR count). The minimum absolute atomic E-state index is 0.0590. The number of nitrogens with one attached hydrogen (secondary N) is 1. The van der Waals surface area contributed by atoms with E-state index in [9.17, 15) is 22.8 Å². The highest BCUT2D eigenvalue weighted by molar-refractivity contribution is 7.17. The fourth-order valence-electron chi connectivity index (χ4n) is 2.11. The van der Waals surface area contributed by atoms with Crippen molar-refractivity contribution in [3.63, 3.8) is 0 Å². The Morgan fingerprint density at radius 2 is 2.00 bits per heavy atom. The number of alkyl halides is 3. The highest BCUT2D eigenvalue weighted by Crippen LogP contribution is 2.32. The van der Waals surface area contributed by atoms with Crippen molar-refractivity contribution in [3.05, 3.63) is 63.0 Å². The van der Waals surface area contributed by atoms with Gasteiger partial charge in [-0.05, 0) is 23.6 Å². The van der Waals surface area contributed by atoms with Crippen molar-refractivity contribution < 1.29 is 22.7 Å². The number of esters is 1. The zero-order valence-corrected chi connectivity index (χ0v) is 12.7. The van der Waals surface area contributed by atoms with E-state index < -0.39 is 35.4 Å². The molecule has 1 aromatic carbocycles. The van der Waals surface area contributed by atoms with Gasteiger partial charge in [-0.1, -0.05) is 12.1 Å². The lowest BCUT2D eigenvalue weighted by Gasteiger charge is -2.11. The first-order chi connectivity index (χ1) is 11.4. The van der Waals surface area contributed by atoms with Crippen molar-refractivity contribution in [2.24, 2.45) is 0 Å². The van der Waals surface area contributed by atoms with Crippen molar-refractivity contribution in [2.45, 2.75) is 12.8 Å². The molecule has 0 aliphatic heterocycles. The van der Waals surface area contributed by atoms with E-state index in [2.05, 4.69) is 9.97 Å². The number of aromatic nitrogens is 2. The Morgan fingerprint density at radius 3 is 2.75 bits per heavy atom. The number of rotatable bonds is 3. The van der Waals surface area contributed by atoms with Crippen LogP contribution in [-0.4, -0.2) is 15.9 Å². The highest BCUT2D eigenvalue weighted by Gasteiger charge is 2.35. The molecule has 0 spiro atoms. The van der Waals surface area contributed by atoms with E-state index in [-0.39, 0.29) is 5.82 Å². The molecule has 0 aliphatic carbocycles. The molecule has 5 nitrogen and oxygen atoms in total. The lowest BCUT2D eigenvalue weighted by atomic mass is 10.1. The van der Waals surface area contributed by atoms with E-state index in [0.29, 0.717) is 10.2 Å². The van der Waals surface area contributed by atoms with Crippen molar-refractivity contribution in [3.8, 4) is 0 Å². The van der Waals surface area contributed by atoms with Crippen LogP contribution in [0.1, 0.15) is 21.7 Å². The van der Waals surface area contributed by atoms with Gasteiger partial charge >= 0.3 is 12.1 Å². The maximum absolute atomic E-state index is 12.9. The first-order valence-electron chi connectivity index (χ1n) is 6.66. The standard InChI is InChI=1S/C15H9F3N2O3S/c16-15(17,18)9-4-2-1-3-8(9)14(22)23-7-11-19-10-5-6-24-12(10)13(21)20-11/h1-6H,7H2,(H,19,20,21). The molecule has 0 saturated heterocycles. The summed E-state index contributed by atoms with van der Waals surface area (Å²) in [7, 11) is 0. The van der Waals surface area contributed by atoms with E-state index in [1.165, 1.54) is 23.5 Å². The molecule has 0 fully saturated rings. The largest absolute Gasteiger partial charge is 0.454 e. The van der Waals surface area contributed by atoms with Gasteiger partial charge in [0.1, 0.15) is 17.1 Å². The summed E-state index contributed by atoms with van der Waals surface area (Å²) in [6.45, 7) is -0.438. The molecule has 0 amide bonds. The molecular weight excluding hydrogens is 345 g/mol. The molecule has 0 atom stereocenters. The minimum atomic E-state index is -4.67. The molecule has 2 aromatic heterocycles. The van der Waals surface area contributed by atoms with Gasteiger partial charge in [-0.3, -0.25) is 4.79 Å². The normalized spacial score (nSPS) is 11.6. The van der Waals surface area contributed by atoms with Gasteiger partial charge in [-0.15, -0.1) is 11.3 Å². The number of hydrogen-bond donors (Lipinski definition) is 1. The molecule has 0 saturated carbocycles. The van der Waals surface area contributed by atoms with Gasteiger partial charge in [-0.25, -0.2) is 9.78 Å². The molecule has 0 aliphatic rings. The lowest BCUT2D eigenvalue weighted by molar-refractivity contribution is -0.138. The van der Waals surface area contributed by atoms with Crippen LogP contribution in [0.3, 0.4) is 0 Å². The predicted octanol–water partition coefficient (Wildman–Crippen LogP) is 3.36. The van der Waals surface area contributed by atoms with Crippen LogP contribution < -0.4 is 5.56 Å². The van der Waals surface area contributed by atoms with Crippen LogP contribution in [0.4, 0.5) is 13.2 Å². The summed E-state index contributed by atoms with van der Waals surface area (Å²) in [4.78, 5) is 30.3. The van der Waals surface area contributed by atoms with Gasteiger partial charge in [-0.2, -0.15) is 13.2 Å². The van der Waals surface area contributed by atoms with Gasteiger partial charge in [0.25, 0.3) is 5.56 Å². The summed E-state index contributed by atoms with van der Waals surface area (Å²) in [6, 6.07) is 5.95. The van der Waals surface area contributed by atoms with Crippen LogP contribution >= 0.6 is 11.3 Å². The van der Waals surface area contributed by atoms with Gasteiger partial charge < -0.3 is 9.72 Å². The molecule has 0 bridgehead atoms. The molecule has 9 heteroatoms. The van der Waals surface area contributed by atoms with Crippen molar-refractivity contribution in [1.82, 2.24) is 9.97 Å². The van der Waals surface area contributed by atoms with Crippen molar-refractivity contribution in [2.75, 3.05) is 0 Å². The lowest BCUT2D eigenvalue weighted by Crippen LogP contribution is -2.17. The summed E-state index contributed by atoms with van der Waals surface area (Å²) in [5.74, 6) is -1.08. The Labute approximate surface area is 136 Å². The Hall–Kier alpha value is -2.68. The van der Waals surface area contributed by atoms with Crippen LogP contribution in [0.5, 0.6) is 0 Å². The molecule has 3 aromatic rings. The Balaban J connectivity index is 1.82.